The largest absolute Gasteiger partial charge is 0.493 e. The first-order chi connectivity index (χ1) is 15.9. The summed E-state index contributed by atoms with van der Waals surface area (Å²) in [6.45, 7) is 2.38. The van der Waals surface area contributed by atoms with Crippen LogP contribution in [0.25, 0.3) is 6.08 Å². The lowest BCUT2D eigenvalue weighted by atomic mass is 10.1. The van der Waals surface area contributed by atoms with Gasteiger partial charge in [0.25, 0.3) is 5.91 Å². The summed E-state index contributed by atoms with van der Waals surface area (Å²) in [4.78, 5) is 23.6. The van der Waals surface area contributed by atoms with Crippen molar-refractivity contribution in [3.63, 3.8) is 0 Å². The van der Waals surface area contributed by atoms with Gasteiger partial charge in [0, 0.05) is 5.69 Å². The number of carboxylic acid groups (broad SMARTS) is 1. The molecule has 0 aliphatic heterocycles. The third-order valence-electron chi connectivity index (χ3n) is 4.75. The normalized spacial score (nSPS) is 10.8. The summed E-state index contributed by atoms with van der Waals surface area (Å²) in [5.41, 5.74) is 2.91. The van der Waals surface area contributed by atoms with Gasteiger partial charge in [-0.3, -0.25) is 4.79 Å². The number of aryl methyl sites for hydroxylation is 1. The molecular formula is C26H22N2O5. The summed E-state index contributed by atoms with van der Waals surface area (Å²) in [7, 11) is 1.51. The second kappa shape index (κ2) is 10.6. The van der Waals surface area contributed by atoms with Gasteiger partial charge in [-0.1, -0.05) is 42.0 Å². The second-order valence-corrected chi connectivity index (χ2v) is 7.19. The minimum atomic E-state index is -1.11. The molecule has 0 unspecified atom stereocenters. The van der Waals surface area contributed by atoms with Gasteiger partial charge in [0.1, 0.15) is 18.2 Å². The molecule has 7 heteroatoms. The van der Waals surface area contributed by atoms with Gasteiger partial charge in [0.15, 0.2) is 11.5 Å². The van der Waals surface area contributed by atoms with Crippen molar-refractivity contribution in [2.75, 3.05) is 12.4 Å². The highest BCUT2D eigenvalue weighted by Gasteiger charge is 2.12. The maximum Gasteiger partial charge on any atom is 0.335 e. The van der Waals surface area contributed by atoms with Crippen molar-refractivity contribution in [3.8, 4) is 17.6 Å². The number of hydrogen-bond donors (Lipinski definition) is 2. The molecule has 3 aromatic carbocycles. The van der Waals surface area contributed by atoms with E-state index in [0.29, 0.717) is 23.7 Å². The minimum Gasteiger partial charge on any atom is -0.493 e. The van der Waals surface area contributed by atoms with Crippen LogP contribution in [0.5, 0.6) is 11.5 Å². The predicted molar refractivity (Wildman–Crippen MR) is 124 cm³/mol. The molecule has 7 nitrogen and oxygen atoms in total. The van der Waals surface area contributed by atoms with Crippen molar-refractivity contribution >= 4 is 23.6 Å². The van der Waals surface area contributed by atoms with Crippen molar-refractivity contribution in [3.05, 3.63) is 94.6 Å². The Hall–Kier alpha value is -4.57. The van der Waals surface area contributed by atoms with E-state index in [4.69, 9.17) is 14.6 Å². The molecule has 0 spiro atoms. The fourth-order valence-corrected chi connectivity index (χ4v) is 2.98. The molecule has 3 rings (SSSR count). The lowest BCUT2D eigenvalue weighted by Gasteiger charge is -2.12. The van der Waals surface area contributed by atoms with Gasteiger partial charge < -0.3 is 19.9 Å². The van der Waals surface area contributed by atoms with Crippen molar-refractivity contribution < 1.29 is 24.2 Å². The number of carbonyl (C=O) groups excluding carboxylic acids is 1. The molecule has 0 heterocycles. The van der Waals surface area contributed by atoms with E-state index >= 15 is 0 Å². The molecule has 0 aliphatic carbocycles. The number of nitriles is 1. The van der Waals surface area contributed by atoms with Crippen LogP contribution < -0.4 is 14.8 Å². The highest BCUT2D eigenvalue weighted by molar-refractivity contribution is 6.10. The molecule has 0 aliphatic rings. The maximum atomic E-state index is 12.5. The summed E-state index contributed by atoms with van der Waals surface area (Å²) >= 11 is 0. The minimum absolute atomic E-state index is 0.0289. The van der Waals surface area contributed by atoms with E-state index in [2.05, 4.69) is 5.32 Å². The van der Waals surface area contributed by atoms with Gasteiger partial charge in [-0.2, -0.15) is 5.26 Å². The van der Waals surface area contributed by atoms with E-state index in [-0.39, 0.29) is 16.8 Å². The molecule has 33 heavy (non-hydrogen) atoms. The number of aromatic carboxylic acids is 1. The Morgan fingerprint density at radius 2 is 1.82 bits per heavy atom. The van der Waals surface area contributed by atoms with Crippen LogP contribution in [0.15, 0.2) is 72.3 Å². The molecule has 1 amide bonds. The average molecular weight is 442 g/mol. The smallest absolute Gasteiger partial charge is 0.335 e. The Bertz CT molecular complexity index is 1240. The number of carboxylic acids is 1. The number of benzene rings is 3. The monoisotopic (exact) mass is 442 g/mol. The van der Waals surface area contributed by atoms with Crippen LogP contribution >= 0.6 is 0 Å². The molecule has 2 N–H and O–H groups in total. The fraction of sp³-hybridized carbons (Fsp3) is 0.115. The highest BCUT2D eigenvalue weighted by atomic mass is 16.5. The Balaban J connectivity index is 1.75. The summed E-state index contributed by atoms with van der Waals surface area (Å²) in [5.74, 6) is -0.774. The lowest BCUT2D eigenvalue weighted by molar-refractivity contribution is -0.112. The van der Waals surface area contributed by atoms with E-state index in [1.807, 2.05) is 37.3 Å². The number of rotatable bonds is 8. The quantitative estimate of drug-likeness (QED) is 0.382. The number of nitrogens with one attached hydrogen (secondary N) is 1. The van der Waals surface area contributed by atoms with Crippen molar-refractivity contribution in [1.82, 2.24) is 0 Å². The molecule has 0 atom stereocenters. The molecule has 0 saturated heterocycles. The average Bonchev–Trinajstić information content (AvgIpc) is 2.82. The molecule has 0 fully saturated rings. The lowest BCUT2D eigenvalue weighted by Crippen LogP contribution is -2.14. The number of hydrogen-bond acceptors (Lipinski definition) is 5. The fourth-order valence-electron chi connectivity index (χ4n) is 2.98. The summed E-state index contributed by atoms with van der Waals surface area (Å²) in [6, 6.07) is 20.7. The first-order valence-corrected chi connectivity index (χ1v) is 10.0. The van der Waals surface area contributed by atoms with E-state index in [1.54, 1.807) is 24.3 Å². The predicted octanol–water partition coefficient (Wildman–Crippen LogP) is 4.83. The van der Waals surface area contributed by atoms with Crippen LogP contribution in [-0.2, 0) is 11.4 Å². The Labute approximate surface area is 191 Å². The molecule has 0 bridgehead atoms. The zero-order chi connectivity index (χ0) is 23.8. The van der Waals surface area contributed by atoms with Crippen LogP contribution in [0.3, 0.4) is 0 Å². The van der Waals surface area contributed by atoms with Gasteiger partial charge in [0.2, 0.25) is 0 Å². The van der Waals surface area contributed by atoms with Crippen LogP contribution in [0.2, 0.25) is 0 Å². The second-order valence-electron chi connectivity index (χ2n) is 7.19. The van der Waals surface area contributed by atoms with E-state index < -0.39 is 11.9 Å². The molecule has 3 aromatic rings. The third kappa shape index (κ3) is 6.21. The SMILES string of the molecule is COc1cc(C=C(C#N)C(=O)Nc2cccc(C(=O)O)c2)ccc1OCc1ccc(C)cc1. The number of anilines is 1. The van der Waals surface area contributed by atoms with E-state index in [9.17, 15) is 14.9 Å². The molecule has 0 saturated carbocycles. The summed E-state index contributed by atoms with van der Waals surface area (Å²) in [6.07, 6.45) is 1.42. The number of nitrogens with zero attached hydrogens (tertiary/aromatic N) is 1. The number of amides is 1. The van der Waals surface area contributed by atoms with Gasteiger partial charge in [-0.15, -0.1) is 0 Å². The van der Waals surface area contributed by atoms with Crippen molar-refractivity contribution in [1.29, 1.82) is 5.26 Å². The highest BCUT2D eigenvalue weighted by Crippen LogP contribution is 2.30. The Kier molecular flexibility index (Phi) is 7.45. The number of ether oxygens (including phenoxy) is 2. The standard InChI is InChI=1S/C26H22N2O5/c1-17-6-8-18(9-7-17)16-33-23-11-10-19(13-24(23)32-2)12-21(15-27)25(29)28-22-5-3-4-20(14-22)26(30)31/h3-14H,16H2,1-2H3,(H,28,29)(H,30,31). The van der Waals surface area contributed by atoms with Gasteiger partial charge in [0.05, 0.1) is 12.7 Å². The zero-order valence-electron chi connectivity index (χ0n) is 18.2. The molecule has 0 radical (unpaired) electrons. The molecule has 166 valence electrons. The van der Waals surface area contributed by atoms with Crippen molar-refractivity contribution in [2.24, 2.45) is 0 Å². The first kappa shape index (κ1) is 23.1. The topological polar surface area (TPSA) is 109 Å². The van der Waals surface area contributed by atoms with E-state index in [0.717, 1.165) is 5.56 Å². The van der Waals surface area contributed by atoms with Gasteiger partial charge >= 0.3 is 5.97 Å². The third-order valence-corrected chi connectivity index (χ3v) is 4.75. The van der Waals surface area contributed by atoms with Crippen LogP contribution in [0.1, 0.15) is 27.0 Å². The summed E-state index contributed by atoms with van der Waals surface area (Å²) in [5, 5.41) is 21.1. The Morgan fingerprint density at radius 3 is 2.48 bits per heavy atom. The van der Waals surface area contributed by atoms with Crippen LogP contribution in [-0.4, -0.2) is 24.1 Å². The van der Waals surface area contributed by atoms with Gasteiger partial charge in [-0.05, 0) is 54.5 Å². The maximum absolute atomic E-state index is 12.5. The number of methoxy groups -OCH3 is 1. The van der Waals surface area contributed by atoms with Crippen molar-refractivity contribution in [2.45, 2.75) is 13.5 Å². The molecular weight excluding hydrogens is 420 g/mol. The zero-order valence-corrected chi connectivity index (χ0v) is 18.2. The first-order valence-electron chi connectivity index (χ1n) is 10.0. The Morgan fingerprint density at radius 1 is 1.06 bits per heavy atom. The molecule has 0 aromatic heterocycles. The van der Waals surface area contributed by atoms with Crippen LogP contribution in [0.4, 0.5) is 5.69 Å². The van der Waals surface area contributed by atoms with Gasteiger partial charge in [-0.25, -0.2) is 4.79 Å². The van der Waals surface area contributed by atoms with Crippen LogP contribution in [0, 0.1) is 18.3 Å². The number of carbonyl (C=O) groups is 2. The van der Waals surface area contributed by atoms with E-state index in [1.165, 1.54) is 36.9 Å². The summed E-state index contributed by atoms with van der Waals surface area (Å²) < 4.78 is 11.3.